The van der Waals surface area contributed by atoms with Crippen LogP contribution in [0.25, 0.3) is 0 Å². The lowest BCUT2D eigenvalue weighted by Gasteiger charge is -2.19. The quantitative estimate of drug-likeness (QED) is 0.777. The van der Waals surface area contributed by atoms with E-state index in [0.29, 0.717) is 5.02 Å². The predicted molar refractivity (Wildman–Crippen MR) is 86.2 cm³/mol. The summed E-state index contributed by atoms with van der Waals surface area (Å²) in [5, 5.41) is 4.81. The maximum absolute atomic E-state index is 6.21. The zero-order valence-corrected chi connectivity index (χ0v) is 13.8. The maximum Gasteiger partial charge on any atom is 0.0585 e. The van der Waals surface area contributed by atoms with Gasteiger partial charge in [-0.05, 0) is 48.9 Å². The third-order valence-electron chi connectivity index (χ3n) is 3.09. The molecule has 0 aliphatic heterocycles. The summed E-state index contributed by atoms with van der Waals surface area (Å²) in [6.45, 7) is 2.00. The molecular formula is C15H14BrCl2N. The Labute approximate surface area is 132 Å². The lowest BCUT2D eigenvalue weighted by Crippen LogP contribution is -2.18. The van der Waals surface area contributed by atoms with Gasteiger partial charge in [0.15, 0.2) is 0 Å². The second-order valence-electron chi connectivity index (χ2n) is 4.40. The van der Waals surface area contributed by atoms with Crippen molar-refractivity contribution in [1.29, 1.82) is 0 Å². The van der Waals surface area contributed by atoms with E-state index in [0.717, 1.165) is 26.2 Å². The average molecular weight is 359 g/mol. The highest BCUT2D eigenvalue weighted by molar-refractivity contribution is 9.10. The first-order valence-corrected chi connectivity index (χ1v) is 7.46. The van der Waals surface area contributed by atoms with E-state index >= 15 is 0 Å². The molecule has 0 aromatic heterocycles. The molecule has 2 aromatic rings. The Morgan fingerprint density at radius 2 is 1.84 bits per heavy atom. The summed E-state index contributed by atoms with van der Waals surface area (Å²) in [5.74, 6) is 0. The molecular weight excluding hydrogens is 345 g/mol. The van der Waals surface area contributed by atoms with Crippen molar-refractivity contribution in [2.75, 3.05) is 7.05 Å². The van der Waals surface area contributed by atoms with E-state index in [9.17, 15) is 0 Å². The molecule has 1 nitrogen and oxygen atoms in total. The Morgan fingerprint density at radius 3 is 2.42 bits per heavy atom. The topological polar surface area (TPSA) is 12.0 Å². The molecule has 0 fully saturated rings. The summed E-state index contributed by atoms with van der Waals surface area (Å²) in [7, 11) is 1.93. The smallest absolute Gasteiger partial charge is 0.0585 e. The zero-order valence-electron chi connectivity index (χ0n) is 10.7. The van der Waals surface area contributed by atoms with E-state index < -0.39 is 0 Å². The van der Waals surface area contributed by atoms with Crippen LogP contribution in [0.5, 0.6) is 0 Å². The number of hydrogen-bond acceptors (Lipinski definition) is 1. The Morgan fingerprint density at radius 1 is 1.11 bits per heavy atom. The van der Waals surface area contributed by atoms with Gasteiger partial charge in [-0.3, -0.25) is 0 Å². The number of halogens is 3. The minimum atomic E-state index is 0.0738. The minimum absolute atomic E-state index is 0.0738. The fourth-order valence-corrected chi connectivity index (χ4v) is 3.13. The van der Waals surface area contributed by atoms with Crippen LogP contribution in [0.15, 0.2) is 40.9 Å². The lowest BCUT2D eigenvalue weighted by molar-refractivity contribution is 0.689. The minimum Gasteiger partial charge on any atom is -0.309 e. The van der Waals surface area contributed by atoms with Gasteiger partial charge in [0, 0.05) is 14.5 Å². The van der Waals surface area contributed by atoms with Crippen molar-refractivity contribution in [1.82, 2.24) is 5.32 Å². The molecule has 19 heavy (non-hydrogen) atoms. The Kier molecular flexibility index (Phi) is 4.91. The molecule has 1 unspecified atom stereocenters. The summed E-state index contributed by atoms with van der Waals surface area (Å²) < 4.78 is 0.982. The second-order valence-corrected chi connectivity index (χ2v) is 6.09. The maximum atomic E-state index is 6.21. The van der Waals surface area contributed by atoms with Gasteiger partial charge in [-0.15, -0.1) is 0 Å². The van der Waals surface area contributed by atoms with Crippen molar-refractivity contribution >= 4 is 39.1 Å². The van der Waals surface area contributed by atoms with Crippen molar-refractivity contribution in [2.24, 2.45) is 0 Å². The highest BCUT2D eigenvalue weighted by Crippen LogP contribution is 2.32. The third-order valence-corrected chi connectivity index (χ3v) is 4.42. The largest absolute Gasteiger partial charge is 0.309 e. The number of nitrogens with one attached hydrogen (secondary N) is 1. The molecule has 2 aromatic carbocycles. The Balaban J connectivity index is 2.46. The Bertz CT molecular complexity index is 599. The van der Waals surface area contributed by atoms with Gasteiger partial charge in [-0.2, -0.15) is 0 Å². The molecule has 0 saturated heterocycles. The number of rotatable bonds is 3. The monoisotopic (exact) mass is 357 g/mol. The first-order valence-electron chi connectivity index (χ1n) is 5.91. The van der Waals surface area contributed by atoms with Gasteiger partial charge < -0.3 is 5.32 Å². The summed E-state index contributed by atoms with van der Waals surface area (Å²) in [6, 6.07) is 12.0. The number of benzene rings is 2. The lowest BCUT2D eigenvalue weighted by atomic mass is 9.98. The normalized spacial score (nSPS) is 12.5. The van der Waals surface area contributed by atoms with Crippen LogP contribution in [0, 0.1) is 6.92 Å². The van der Waals surface area contributed by atoms with Crippen molar-refractivity contribution in [2.45, 2.75) is 13.0 Å². The van der Waals surface area contributed by atoms with Crippen LogP contribution in [0.3, 0.4) is 0 Å². The van der Waals surface area contributed by atoms with Crippen molar-refractivity contribution in [3.8, 4) is 0 Å². The van der Waals surface area contributed by atoms with Crippen LogP contribution in [0.1, 0.15) is 22.7 Å². The molecule has 0 aliphatic rings. The van der Waals surface area contributed by atoms with Crippen LogP contribution in [-0.2, 0) is 0 Å². The molecule has 0 radical (unpaired) electrons. The third kappa shape index (κ3) is 3.32. The van der Waals surface area contributed by atoms with E-state index in [1.54, 1.807) is 0 Å². The fraction of sp³-hybridized carbons (Fsp3) is 0.200. The molecule has 100 valence electrons. The molecule has 0 amide bonds. The van der Waals surface area contributed by atoms with Gasteiger partial charge in [0.25, 0.3) is 0 Å². The van der Waals surface area contributed by atoms with Gasteiger partial charge in [-0.25, -0.2) is 0 Å². The molecule has 2 rings (SSSR count). The van der Waals surface area contributed by atoms with Crippen LogP contribution < -0.4 is 5.32 Å². The second kappa shape index (κ2) is 6.27. The fourth-order valence-electron chi connectivity index (χ4n) is 2.03. The van der Waals surface area contributed by atoms with E-state index in [4.69, 9.17) is 23.2 Å². The zero-order chi connectivity index (χ0) is 14.0. The summed E-state index contributed by atoms with van der Waals surface area (Å²) >= 11 is 15.8. The van der Waals surface area contributed by atoms with Gasteiger partial charge >= 0.3 is 0 Å². The van der Waals surface area contributed by atoms with Crippen LogP contribution in [0.4, 0.5) is 0 Å². The van der Waals surface area contributed by atoms with Crippen molar-refractivity contribution in [3.05, 3.63) is 67.6 Å². The molecule has 0 saturated carbocycles. The highest BCUT2D eigenvalue weighted by atomic mass is 79.9. The van der Waals surface area contributed by atoms with Gasteiger partial charge in [-0.1, -0.05) is 57.3 Å². The van der Waals surface area contributed by atoms with E-state index in [2.05, 4.69) is 27.3 Å². The molecule has 1 atom stereocenters. The molecule has 0 aliphatic carbocycles. The summed E-state index contributed by atoms with van der Waals surface area (Å²) in [4.78, 5) is 0. The molecule has 1 N–H and O–H groups in total. The summed E-state index contributed by atoms with van der Waals surface area (Å²) in [5.41, 5.74) is 3.34. The molecule has 0 bridgehead atoms. The number of hydrogen-bond donors (Lipinski definition) is 1. The van der Waals surface area contributed by atoms with Crippen LogP contribution in [-0.4, -0.2) is 7.05 Å². The van der Waals surface area contributed by atoms with Crippen LogP contribution >= 0.6 is 39.1 Å². The van der Waals surface area contributed by atoms with Crippen molar-refractivity contribution in [3.63, 3.8) is 0 Å². The van der Waals surface area contributed by atoms with Crippen molar-refractivity contribution < 1.29 is 0 Å². The van der Waals surface area contributed by atoms with Gasteiger partial charge in [0.2, 0.25) is 0 Å². The standard InChI is InChI=1S/C15H14BrCl2N/c1-9-3-4-10(7-14(9)18)15(19-2)12-6-5-11(17)8-13(12)16/h3-8,15,19H,1-2H3. The number of aryl methyl sites for hydroxylation is 1. The van der Waals surface area contributed by atoms with Crippen LogP contribution in [0.2, 0.25) is 10.0 Å². The predicted octanol–water partition coefficient (Wildman–Crippen LogP) is 5.37. The average Bonchev–Trinajstić information content (AvgIpc) is 2.37. The van der Waals surface area contributed by atoms with Gasteiger partial charge in [0.1, 0.15) is 0 Å². The first-order chi connectivity index (χ1) is 9.02. The highest BCUT2D eigenvalue weighted by Gasteiger charge is 2.15. The molecule has 0 heterocycles. The molecule has 0 spiro atoms. The SMILES string of the molecule is CNC(c1ccc(C)c(Cl)c1)c1ccc(Cl)cc1Br. The first kappa shape index (κ1) is 14.9. The summed E-state index contributed by atoms with van der Waals surface area (Å²) in [6.07, 6.45) is 0. The van der Waals surface area contributed by atoms with E-state index in [-0.39, 0.29) is 6.04 Å². The molecule has 4 heteroatoms. The van der Waals surface area contributed by atoms with Gasteiger partial charge in [0.05, 0.1) is 6.04 Å². The van der Waals surface area contributed by atoms with E-state index in [1.807, 2.05) is 44.3 Å². The Hall–Kier alpha value is -0.540. The van der Waals surface area contributed by atoms with E-state index in [1.165, 1.54) is 0 Å².